The molecule has 0 radical (unpaired) electrons. The Morgan fingerprint density at radius 1 is 1.41 bits per heavy atom. The van der Waals surface area contributed by atoms with Gasteiger partial charge < -0.3 is 0 Å². The normalized spacial score (nSPS) is 31.0. The Bertz CT molecular complexity index is 592. The SMILES string of the molecule is CC1CC1CN=C1NS(=O)(=O)c2ccccc21. The monoisotopic (exact) mass is 250 g/mol. The predicted octanol–water partition coefficient (Wildman–Crippen LogP) is 1.38. The maximum atomic E-state index is 11.8. The molecule has 1 saturated carbocycles. The molecule has 0 aromatic heterocycles. The lowest BCUT2D eigenvalue weighted by atomic mass is 10.2. The van der Waals surface area contributed by atoms with E-state index in [1.807, 2.05) is 6.07 Å². The molecule has 0 amide bonds. The topological polar surface area (TPSA) is 58.5 Å². The highest BCUT2D eigenvalue weighted by atomic mass is 32.2. The van der Waals surface area contributed by atoms with Crippen molar-refractivity contribution in [3.63, 3.8) is 0 Å². The number of fused-ring (bicyclic) bond motifs is 1. The van der Waals surface area contributed by atoms with E-state index in [0.29, 0.717) is 28.8 Å². The second kappa shape index (κ2) is 3.57. The molecule has 1 N–H and O–H groups in total. The first-order valence-corrected chi connectivity index (χ1v) is 7.23. The first kappa shape index (κ1) is 10.8. The molecule has 0 saturated heterocycles. The van der Waals surface area contributed by atoms with Crippen LogP contribution in [-0.4, -0.2) is 20.8 Å². The quantitative estimate of drug-likeness (QED) is 0.862. The van der Waals surface area contributed by atoms with Crippen LogP contribution >= 0.6 is 0 Å². The van der Waals surface area contributed by atoms with Crippen molar-refractivity contribution in [3.05, 3.63) is 29.8 Å². The van der Waals surface area contributed by atoms with Gasteiger partial charge in [-0.1, -0.05) is 19.1 Å². The van der Waals surface area contributed by atoms with Gasteiger partial charge in [-0.15, -0.1) is 0 Å². The van der Waals surface area contributed by atoms with Gasteiger partial charge in [0.2, 0.25) is 0 Å². The highest BCUT2D eigenvalue weighted by molar-refractivity contribution is 7.90. The molecule has 2 unspecified atom stereocenters. The van der Waals surface area contributed by atoms with E-state index in [1.54, 1.807) is 18.2 Å². The lowest BCUT2D eigenvalue weighted by Gasteiger charge is -1.98. The molecule has 1 aliphatic heterocycles. The summed E-state index contributed by atoms with van der Waals surface area (Å²) in [5.41, 5.74) is 0.695. The van der Waals surface area contributed by atoms with Crippen LogP contribution < -0.4 is 4.72 Å². The fraction of sp³-hybridized carbons (Fsp3) is 0.417. The third-order valence-electron chi connectivity index (χ3n) is 3.42. The van der Waals surface area contributed by atoms with E-state index in [-0.39, 0.29) is 0 Å². The summed E-state index contributed by atoms with van der Waals surface area (Å²) in [5, 5.41) is 0. The molecule has 3 rings (SSSR count). The van der Waals surface area contributed by atoms with E-state index in [9.17, 15) is 8.42 Å². The maximum Gasteiger partial charge on any atom is 0.263 e. The summed E-state index contributed by atoms with van der Waals surface area (Å²) < 4.78 is 26.1. The lowest BCUT2D eigenvalue weighted by Crippen LogP contribution is -2.22. The zero-order valence-corrected chi connectivity index (χ0v) is 10.4. The van der Waals surface area contributed by atoms with Crippen LogP contribution in [0.2, 0.25) is 0 Å². The highest BCUT2D eigenvalue weighted by Crippen LogP contribution is 2.38. The van der Waals surface area contributed by atoms with Crippen molar-refractivity contribution in [1.82, 2.24) is 4.72 Å². The second-order valence-electron chi connectivity index (χ2n) is 4.76. The van der Waals surface area contributed by atoms with Crippen LogP contribution in [0.5, 0.6) is 0 Å². The molecule has 0 spiro atoms. The summed E-state index contributed by atoms with van der Waals surface area (Å²) in [6.07, 6.45) is 1.20. The standard InChI is InChI=1S/C12H14N2O2S/c1-8-6-9(8)7-13-12-10-4-2-3-5-11(10)17(15,16)14-12/h2-5,8-9H,6-7H2,1H3,(H,13,14). The Hall–Kier alpha value is -1.36. The molecule has 1 aromatic carbocycles. The zero-order chi connectivity index (χ0) is 12.0. The van der Waals surface area contributed by atoms with Crippen molar-refractivity contribution < 1.29 is 8.42 Å². The Morgan fingerprint density at radius 3 is 2.82 bits per heavy atom. The number of benzene rings is 1. The minimum Gasteiger partial charge on any atom is -0.267 e. The van der Waals surface area contributed by atoms with Crippen LogP contribution in [0.1, 0.15) is 18.9 Å². The van der Waals surface area contributed by atoms with Crippen molar-refractivity contribution in [2.45, 2.75) is 18.2 Å². The minimum absolute atomic E-state index is 0.336. The van der Waals surface area contributed by atoms with Gasteiger partial charge in [-0.25, -0.2) is 8.42 Å². The molecule has 1 aromatic rings. The fourth-order valence-electron chi connectivity index (χ4n) is 2.11. The minimum atomic E-state index is -3.38. The van der Waals surface area contributed by atoms with Crippen molar-refractivity contribution >= 4 is 15.9 Å². The van der Waals surface area contributed by atoms with Crippen LogP contribution in [-0.2, 0) is 10.0 Å². The molecule has 2 aliphatic rings. The summed E-state index contributed by atoms with van der Waals surface area (Å²) in [7, 11) is -3.38. The van der Waals surface area contributed by atoms with Gasteiger partial charge in [-0.2, -0.15) is 0 Å². The number of nitrogens with zero attached hydrogens (tertiary/aromatic N) is 1. The van der Waals surface area contributed by atoms with Gasteiger partial charge >= 0.3 is 0 Å². The van der Waals surface area contributed by atoms with Crippen LogP contribution in [0.4, 0.5) is 0 Å². The van der Waals surface area contributed by atoms with Gasteiger partial charge in [0.05, 0.1) is 4.90 Å². The highest BCUT2D eigenvalue weighted by Gasteiger charge is 2.34. The Balaban J connectivity index is 1.94. The van der Waals surface area contributed by atoms with Crippen LogP contribution in [0.25, 0.3) is 0 Å². The average Bonchev–Trinajstić information content (AvgIpc) is 2.93. The van der Waals surface area contributed by atoms with E-state index in [0.717, 1.165) is 5.92 Å². The van der Waals surface area contributed by atoms with E-state index in [1.165, 1.54) is 6.42 Å². The molecular weight excluding hydrogens is 236 g/mol. The van der Waals surface area contributed by atoms with Crippen molar-refractivity contribution in [3.8, 4) is 0 Å². The number of aliphatic imine (C=N–C) groups is 1. The first-order valence-electron chi connectivity index (χ1n) is 5.74. The van der Waals surface area contributed by atoms with E-state index in [2.05, 4.69) is 16.6 Å². The number of amidine groups is 1. The third-order valence-corrected chi connectivity index (χ3v) is 4.82. The van der Waals surface area contributed by atoms with Crippen molar-refractivity contribution in [2.24, 2.45) is 16.8 Å². The van der Waals surface area contributed by atoms with E-state index in [4.69, 9.17) is 0 Å². The summed E-state index contributed by atoms with van der Waals surface area (Å²) in [6, 6.07) is 6.96. The van der Waals surface area contributed by atoms with Crippen LogP contribution in [0, 0.1) is 11.8 Å². The number of hydrogen-bond acceptors (Lipinski definition) is 3. The first-order chi connectivity index (χ1) is 8.08. The van der Waals surface area contributed by atoms with Gasteiger partial charge in [0.1, 0.15) is 5.84 Å². The van der Waals surface area contributed by atoms with Crippen LogP contribution in [0.15, 0.2) is 34.2 Å². The zero-order valence-electron chi connectivity index (χ0n) is 9.55. The van der Waals surface area contributed by atoms with Gasteiger partial charge in [0.25, 0.3) is 10.0 Å². The van der Waals surface area contributed by atoms with E-state index < -0.39 is 10.0 Å². The van der Waals surface area contributed by atoms with Gasteiger partial charge in [-0.05, 0) is 30.4 Å². The number of rotatable bonds is 2. The molecule has 0 bridgehead atoms. The fourth-order valence-corrected chi connectivity index (χ4v) is 3.36. The van der Waals surface area contributed by atoms with Crippen molar-refractivity contribution in [2.75, 3.05) is 6.54 Å². The predicted molar refractivity (Wildman–Crippen MR) is 65.4 cm³/mol. The largest absolute Gasteiger partial charge is 0.267 e. The molecule has 4 nitrogen and oxygen atoms in total. The summed E-state index contributed by atoms with van der Waals surface area (Å²) in [5.74, 6) is 1.85. The summed E-state index contributed by atoms with van der Waals surface area (Å²) in [4.78, 5) is 4.73. The number of nitrogens with one attached hydrogen (secondary N) is 1. The van der Waals surface area contributed by atoms with Gasteiger partial charge in [0.15, 0.2) is 0 Å². The molecule has 5 heteroatoms. The smallest absolute Gasteiger partial charge is 0.263 e. The molecule has 1 fully saturated rings. The van der Waals surface area contributed by atoms with Gasteiger partial charge in [-0.3, -0.25) is 9.71 Å². The molecule has 1 aliphatic carbocycles. The van der Waals surface area contributed by atoms with Gasteiger partial charge in [0, 0.05) is 12.1 Å². The van der Waals surface area contributed by atoms with E-state index >= 15 is 0 Å². The Kier molecular flexibility index (Phi) is 2.26. The molecule has 90 valence electrons. The maximum absolute atomic E-state index is 11.8. The molecule has 17 heavy (non-hydrogen) atoms. The average molecular weight is 250 g/mol. The molecule has 1 heterocycles. The number of sulfonamides is 1. The lowest BCUT2D eigenvalue weighted by molar-refractivity contribution is 0.595. The van der Waals surface area contributed by atoms with Crippen LogP contribution in [0.3, 0.4) is 0 Å². The Morgan fingerprint density at radius 2 is 2.12 bits per heavy atom. The summed E-state index contributed by atoms with van der Waals surface area (Å²) >= 11 is 0. The molecular formula is C12H14N2O2S. The molecule has 2 atom stereocenters. The third kappa shape index (κ3) is 1.84. The van der Waals surface area contributed by atoms with Crippen molar-refractivity contribution in [1.29, 1.82) is 0 Å². The Labute approximate surface area is 101 Å². The second-order valence-corrected chi connectivity index (χ2v) is 6.41. The number of hydrogen-bond donors (Lipinski definition) is 1. The summed E-state index contributed by atoms with van der Waals surface area (Å²) in [6.45, 7) is 2.91.